The summed E-state index contributed by atoms with van der Waals surface area (Å²) < 4.78 is 32.6. The molecule has 3 aliphatic rings. The fraction of sp³-hybridized carbons (Fsp3) is 0.730. The number of ketones is 1. The van der Waals surface area contributed by atoms with E-state index in [-0.39, 0.29) is 30.5 Å². The first kappa shape index (κ1) is 41.0. The van der Waals surface area contributed by atoms with Crippen LogP contribution in [0.2, 0.25) is 0 Å². The Kier molecular flexibility index (Phi) is 12.6. The van der Waals surface area contributed by atoms with Gasteiger partial charge in [-0.25, -0.2) is 15.0 Å². The van der Waals surface area contributed by atoms with Crippen LogP contribution in [0.3, 0.4) is 0 Å². The number of hydrogen-bond donors (Lipinski definition) is 3. The highest BCUT2D eigenvalue weighted by Gasteiger charge is 2.61. The Balaban J connectivity index is 1.49. The highest BCUT2D eigenvalue weighted by atomic mass is 32.2. The summed E-state index contributed by atoms with van der Waals surface area (Å²) in [5.41, 5.74) is 4.46. The van der Waals surface area contributed by atoms with Gasteiger partial charge in [0.2, 0.25) is 0 Å². The van der Waals surface area contributed by atoms with Crippen molar-refractivity contribution in [3.63, 3.8) is 0 Å². The third-order valence-corrected chi connectivity index (χ3v) is 12.8. The number of esters is 2. The van der Waals surface area contributed by atoms with E-state index in [0.717, 1.165) is 0 Å². The van der Waals surface area contributed by atoms with Crippen LogP contribution in [0, 0.1) is 29.6 Å². The Bertz CT molecular complexity index is 1680. The smallest absolute Gasteiger partial charge is 0.320 e. The summed E-state index contributed by atoms with van der Waals surface area (Å²) in [7, 11) is 1.50. The summed E-state index contributed by atoms with van der Waals surface area (Å²) in [4.78, 5) is 55.0. The third-order valence-electron chi connectivity index (χ3n) is 11.5. The Hall–Kier alpha value is -3.15. The van der Waals surface area contributed by atoms with Gasteiger partial charge in [-0.15, -0.1) is 11.8 Å². The van der Waals surface area contributed by atoms with Gasteiger partial charge in [0.15, 0.2) is 23.4 Å². The number of fused-ring (bicyclic) bond motifs is 2. The van der Waals surface area contributed by atoms with E-state index in [1.165, 1.54) is 25.2 Å². The number of hydrogen-bond acceptors (Lipinski definition) is 15. The van der Waals surface area contributed by atoms with E-state index in [2.05, 4.69) is 15.0 Å². The maximum atomic E-state index is 14.6. The van der Waals surface area contributed by atoms with E-state index < -0.39 is 88.7 Å². The lowest BCUT2D eigenvalue weighted by Gasteiger charge is -2.46. The zero-order chi connectivity index (χ0) is 39.0. The monoisotopic (exact) mass is 761 g/mol. The van der Waals surface area contributed by atoms with Crippen molar-refractivity contribution >= 4 is 46.5 Å². The van der Waals surface area contributed by atoms with Crippen LogP contribution in [0.15, 0.2) is 24.8 Å². The molecule has 14 atom stereocenters. The molecule has 2 aromatic heterocycles. The van der Waals surface area contributed by atoms with Gasteiger partial charge in [-0.3, -0.25) is 14.4 Å². The fourth-order valence-electron chi connectivity index (χ4n) is 8.40. The van der Waals surface area contributed by atoms with Crippen molar-refractivity contribution < 1.29 is 48.3 Å². The number of carbonyl (C=O) groups excluding carboxylic acids is 3. The first-order valence-corrected chi connectivity index (χ1v) is 19.4. The van der Waals surface area contributed by atoms with Crippen LogP contribution < -0.4 is 5.73 Å². The number of aryl methyl sites for hydroxylation is 1. The minimum Gasteiger partial charge on any atom is -0.458 e. The van der Waals surface area contributed by atoms with Gasteiger partial charge in [-0.2, -0.15) is 0 Å². The normalized spacial score (nSPS) is 40.1. The molecule has 294 valence electrons. The van der Waals surface area contributed by atoms with Crippen molar-refractivity contribution in [1.29, 1.82) is 0 Å². The fourth-order valence-corrected chi connectivity index (χ4v) is 9.85. The van der Waals surface area contributed by atoms with E-state index in [1.807, 2.05) is 25.3 Å². The zero-order valence-corrected chi connectivity index (χ0v) is 32.8. The molecule has 3 aliphatic heterocycles. The number of Topliss-reactive ketones (excluding diaryl/α,β-unsaturated/α-hetero) is 1. The quantitative estimate of drug-likeness (QED) is 0.261. The predicted molar refractivity (Wildman–Crippen MR) is 196 cm³/mol. The molecule has 2 aromatic rings. The van der Waals surface area contributed by atoms with Gasteiger partial charge in [0, 0.05) is 43.1 Å². The van der Waals surface area contributed by atoms with Crippen LogP contribution in [0.1, 0.15) is 68.2 Å². The molecule has 0 spiro atoms. The zero-order valence-electron chi connectivity index (χ0n) is 32.0. The second kappa shape index (κ2) is 16.3. The number of carbonyl (C=O) groups is 3. The molecular formula is C37H55N5O10S. The number of rotatable bonds is 8. The lowest BCUT2D eigenvalue weighted by molar-refractivity contribution is -0.272. The van der Waals surface area contributed by atoms with E-state index in [4.69, 9.17) is 29.4 Å². The number of anilines is 1. The highest BCUT2D eigenvalue weighted by molar-refractivity contribution is 8.00. The van der Waals surface area contributed by atoms with Crippen molar-refractivity contribution in [1.82, 2.24) is 19.5 Å². The molecule has 5 rings (SSSR count). The topological polar surface area (TPSA) is 207 Å². The molecule has 0 aromatic carbocycles. The second-order valence-electron chi connectivity index (χ2n) is 15.2. The summed E-state index contributed by atoms with van der Waals surface area (Å²) in [6, 6.07) is 0. The molecule has 53 heavy (non-hydrogen) atoms. The number of nitrogens with zero attached hydrogens (tertiary/aromatic N) is 4. The van der Waals surface area contributed by atoms with Crippen LogP contribution in [0.25, 0.3) is 11.2 Å². The first-order chi connectivity index (χ1) is 25.0. The third kappa shape index (κ3) is 7.99. The lowest BCUT2D eigenvalue weighted by atomic mass is 9.70. The van der Waals surface area contributed by atoms with Gasteiger partial charge >= 0.3 is 11.9 Å². The van der Waals surface area contributed by atoms with Gasteiger partial charge in [0.1, 0.15) is 35.1 Å². The Morgan fingerprint density at radius 1 is 1.04 bits per heavy atom. The molecule has 0 amide bonds. The van der Waals surface area contributed by atoms with Crippen molar-refractivity contribution in [3.05, 3.63) is 24.8 Å². The first-order valence-electron chi connectivity index (χ1n) is 18.4. The van der Waals surface area contributed by atoms with Crippen LogP contribution in [0.4, 0.5) is 5.82 Å². The van der Waals surface area contributed by atoms with Crippen molar-refractivity contribution in [2.45, 2.75) is 128 Å². The summed E-state index contributed by atoms with van der Waals surface area (Å²) in [6.07, 6.45) is 1.05. The maximum absolute atomic E-state index is 14.6. The van der Waals surface area contributed by atoms with Gasteiger partial charge < -0.3 is 44.2 Å². The summed E-state index contributed by atoms with van der Waals surface area (Å²) in [5.74, 6) is -4.42. The number of thioether (sulfide) groups is 1. The number of nitrogens with two attached hydrogens (primary N) is 1. The number of nitrogen functional groups attached to an aromatic ring is 1. The number of aliphatic hydroxyl groups is 2. The molecule has 15 nitrogen and oxygen atoms in total. The largest absolute Gasteiger partial charge is 0.458 e. The lowest BCUT2D eigenvalue weighted by Crippen LogP contribution is -2.57. The molecule has 0 saturated carbocycles. The SMILES string of the molecule is CC[C@H]1OC(=O)[C@H](C)[C@@H](O)[C@H](C)[C@@H](O[C@@H]2O[C@H](C)C=C[C@H]2O)[C@](C)(OC)C[C@@H](C)C(=O)[C@H](C)[C@H]2[C@H](SCCn3cnc4c(N)ncnc43)C(=O)O[C@@]21C. The van der Waals surface area contributed by atoms with Gasteiger partial charge in [-0.05, 0) is 40.5 Å². The Morgan fingerprint density at radius 3 is 2.43 bits per heavy atom. The molecule has 2 fully saturated rings. The van der Waals surface area contributed by atoms with Crippen LogP contribution in [-0.2, 0) is 44.6 Å². The van der Waals surface area contributed by atoms with E-state index in [9.17, 15) is 24.6 Å². The number of aliphatic hydroxyl groups excluding tert-OH is 2. The number of ether oxygens (including phenoxy) is 5. The minimum absolute atomic E-state index is 0.134. The van der Waals surface area contributed by atoms with Crippen molar-refractivity contribution in [2.75, 3.05) is 18.6 Å². The molecule has 0 unspecified atom stereocenters. The average molecular weight is 762 g/mol. The molecular weight excluding hydrogens is 706 g/mol. The molecule has 2 saturated heterocycles. The van der Waals surface area contributed by atoms with E-state index in [1.54, 1.807) is 53.1 Å². The molecule has 4 N–H and O–H groups in total. The van der Waals surface area contributed by atoms with Crippen molar-refractivity contribution in [2.24, 2.45) is 29.6 Å². The highest BCUT2D eigenvalue weighted by Crippen LogP contribution is 2.49. The van der Waals surface area contributed by atoms with Crippen LogP contribution >= 0.6 is 11.8 Å². The number of aromatic nitrogens is 4. The number of methoxy groups -OCH3 is 1. The number of imidazole rings is 1. The standard InChI is InChI=1S/C37H55N5O10S/c1-10-24-37(8)25(29(34(47)52-37)53-14-13-42-17-41-26-31(38)39-16-40-32(26)42)20(4)27(44)18(2)15-36(7,48-9)30(21(5)28(45)22(6)33(46)50-24)51-35-23(43)12-11-19(3)49-35/h11-12,16-25,28-30,35,43,45H,10,13-15H2,1-9H3,(H2,38,39,40)/t18-,19-,20-,21+,22-,23-,24-,25+,28+,29+,30-,35+,36-,37-/m1/s1. The van der Waals surface area contributed by atoms with E-state index in [0.29, 0.717) is 23.5 Å². The summed E-state index contributed by atoms with van der Waals surface area (Å²) in [5, 5.41) is 21.8. The van der Waals surface area contributed by atoms with Gasteiger partial charge in [0.25, 0.3) is 0 Å². The summed E-state index contributed by atoms with van der Waals surface area (Å²) >= 11 is 1.36. The molecule has 0 radical (unpaired) electrons. The molecule has 16 heteroatoms. The number of cyclic esters (lactones) is 1. The molecule has 0 aliphatic carbocycles. The van der Waals surface area contributed by atoms with Crippen molar-refractivity contribution in [3.8, 4) is 0 Å². The summed E-state index contributed by atoms with van der Waals surface area (Å²) in [6.45, 7) is 14.5. The minimum atomic E-state index is -1.35. The van der Waals surface area contributed by atoms with Gasteiger partial charge in [-0.1, -0.05) is 39.8 Å². The maximum Gasteiger partial charge on any atom is 0.320 e. The molecule has 0 bridgehead atoms. The van der Waals surface area contributed by atoms with Crippen LogP contribution in [-0.4, -0.2) is 114 Å². The van der Waals surface area contributed by atoms with Gasteiger partial charge in [0.05, 0.1) is 36.2 Å². The Morgan fingerprint density at radius 2 is 1.75 bits per heavy atom. The molecule has 5 heterocycles. The Labute approximate surface area is 314 Å². The second-order valence-corrected chi connectivity index (χ2v) is 16.5. The van der Waals surface area contributed by atoms with E-state index >= 15 is 0 Å². The predicted octanol–water partition coefficient (Wildman–Crippen LogP) is 3.09. The average Bonchev–Trinajstić information content (AvgIpc) is 3.66. The van der Waals surface area contributed by atoms with Crippen LogP contribution in [0.5, 0.6) is 0 Å².